The molecule has 1 aliphatic carbocycles. The van der Waals surface area contributed by atoms with Crippen LogP contribution in [-0.2, 0) is 19.0 Å². The number of aromatic nitrogens is 2. The van der Waals surface area contributed by atoms with Crippen molar-refractivity contribution in [3.05, 3.63) is 22.7 Å². The number of nitrogens with one attached hydrogen (secondary N) is 1. The molecule has 0 aromatic carbocycles. The van der Waals surface area contributed by atoms with Crippen LogP contribution in [0.1, 0.15) is 53.2 Å². The van der Waals surface area contributed by atoms with E-state index in [1.807, 2.05) is 0 Å². The van der Waals surface area contributed by atoms with E-state index in [-0.39, 0.29) is 24.4 Å². The van der Waals surface area contributed by atoms with Crippen LogP contribution in [0.4, 0.5) is 10.6 Å². The monoisotopic (exact) mass is 453 g/mol. The van der Waals surface area contributed by atoms with Gasteiger partial charge in [-0.25, -0.2) is 9.59 Å². The Morgan fingerprint density at radius 3 is 2.84 bits per heavy atom. The van der Waals surface area contributed by atoms with Gasteiger partial charge in [0.2, 0.25) is 5.91 Å². The number of hydrogen-bond donors (Lipinski definition) is 1. The van der Waals surface area contributed by atoms with Gasteiger partial charge in [0, 0.05) is 18.9 Å². The molecular weight excluding hydrogens is 422 g/mol. The average Bonchev–Trinajstić information content (AvgIpc) is 3.14. The van der Waals surface area contributed by atoms with Gasteiger partial charge < -0.3 is 19.5 Å². The third-order valence-corrected chi connectivity index (χ3v) is 6.82. The Balaban J connectivity index is 1.48. The molecule has 1 aromatic rings. The maximum atomic E-state index is 12.3. The lowest BCUT2D eigenvalue weighted by Gasteiger charge is -2.36. The second-order valence-corrected chi connectivity index (χ2v) is 9.77. The zero-order valence-electron chi connectivity index (χ0n) is 18.4. The summed E-state index contributed by atoms with van der Waals surface area (Å²) in [6.45, 7) is 7.88. The summed E-state index contributed by atoms with van der Waals surface area (Å²) in [5.74, 6) is 1.74. The van der Waals surface area contributed by atoms with Gasteiger partial charge in [-0.05, 0) is 36.7 Å². The Labute approximate surface area is 186 Å². The first kappa shape index (κ1) is 23.6. The zero-order valence-corrected chi connectivity index (χ0v) is 19.2. The minimum atomic E-state index is -0.670. The minimum absolute atomic E-state index is 0.0424. The SMILES string of the molecule is CC(=O)Nc1ccn(C2CS[C@H](COC(=O)O[C@@H]3C[C@H](C)CC[C@H]3C(C)C)O2)c(=O)n1. The smallest absolute Gasteiger partial charge is 0.431 e. The van der Waals surface area contributed by atoms with E-state index in [4.69, 9.17) is 14.2 Å². The van der Waals surface area contributed by atoms with Crippen LogP contribution in [0.5, 0.6) is 0 Å². The zero-order chi connectivity index (χ0) is 22.5. The molecule has 2 heterocycles. The highest BCUT2D eigenvalue weighted by molar-refractivity contribution is 8.00. The highest BCUT2D eigenvalue weighted by Gasteiger charge is 2.34. The van der Waals surface area contributed by atoms with Gasteiger partial charge in [-0.2, -0.15) is 4.98 Å². The van der Waals surface area contributed by atoms with Gasteiger partial charge in [-0.3, -0.25) is 9.36 Å². The van der Waals surface area contributed by atoms with Crippen LogP contribution in [0.15, 0.2) is 17.1 Å². The number of rotatable bonds is 6. The van der Waals surface area contributed by atoms with Crippen LogP contribution in [-0.4, -0.2) is 45.5 Å². The van der Waals surface area contributed by atoms with Crippen LogP contribution in [0, 0.1) is 17.8 Å². The summed E-state index contributed by atoms with van der Waals surface area (Å²) in [6, 6.07) is 1.54. The lowest BCUT2D eigenvalue weighted by Crippen LogP contribution is -2.36. The summed E-state index contributed by atoms with van der Waals surface area (Å²) >= 11 is 1.45. The van der Waals surface area contributed by atoms with Gasteiger partial charge in [0.05, 0.1) is 0 Å². The van der Waals surface area contributed by atoms with Crippen LogP contribution in [0.2, 0.25) is 0 Å². The fraction of sp³-hybridized carbons (Fsp3) is 0.714. The summed E-state index contributed by atoms with van der Waals surface area (Å²) in [7, 11) is 0. The second kappa shape index (κ2) is 10.5. The topological polar surface area (TPSA) is 109 Å². The first-order valence-electron chi connectivity index (χ1n) is 10.7. The molecule has 0 radical (unpaired) electrons. The van der Waals surface area contributed by atoms with Crippen LogP contribution >= 0.6 is 11.8 Å². The Bertz CT molecular complexity index is 845. The molecule has 172 valence electrons. The van der Waals surface area contributed by atoms with Gasteiger partial charge in [0.15, 0.2) is 0 Å². The van der Waals surface area contributed by atoms with E-state index in [1.54, 1.807) is 0 Å². The average molecular weight is 454 g/mol. The fourth-order valence-corrected chi connectivity index (χ4v) is 5.09. The number of amides is 1. The van der Waals surface area contributed by atoms with Crippen molar-refractivity contribution in [2.45, 2.75) is 64.7 Å². The minimum Gasteiger partial charge on any atom is -0.431 e. The molecule has 1 unspecified atom stereocenters. The molecule has 0 spiro atoms. The van der Waals surface area contributed by atoms with Crippen molar-refractivity contribution in [2.75, 3.05) is 17.7 Å². The predicted octanol–water partition coefficient (Wildman–Crippen LogP) is 3.40. The maximum Gasteiger partial charge on any atom is 0.508 e. The molecule has 1 N–H and O–H groups in total. The molecule has 2 aliphatic rings. The molecule has 10 heteroatoms. The molecule has 0 bridgehead atoms. The largest absolute Gasteiger partial charge is 0.508 e. The molecule has 1 aromatic heterocycles. The Morgan fingerprint density at radius 1 is 1.39 bits per heavy atom. The van der Waals surface area contributed by atoms with E-state index >= 15 is 0 Å². The summed E-state index contributed by atoms with van der Waals surface area (Å²) in [6.07, 6.45) is 3.29. The van der Waals surface area contributed by atoms with Crippen molar-refractivity contribution in [3.8, 4) is 0 Å². The number of thioether (sulfide) groups is 1. The number of carbonyl (C=O) groups excluding carboxylic acids is 2. The fourth-order valence-electron chi connectivity index (χ4n) is 4.10. The summed E-state index contributed by atoms with van der Waals surface area (Å²) in [5, 5.41) is 2.47. The summed E-state index contributed by atoms with van der Waals surface area (Å²) in [4.78, 5) is 39.4. The van der Waals surface area contributed by atoms with Crippen LogP contribution in [0.25, 0.3) is 0 Å². The van der Waals surface area contributed by atoms with Gasteiger partial charge >= 0.3 is 11.8 Å². The highest BCUT2D eigenvalue weighted by atomic mass is 32.2. The third-order valence-electron chi connectivity index (χ3n) is 5.72. The molecular formula is C21H31N3O6S. The summed E-state index contributed by atoms with van der Waals surface area (Å²) < 4.78 is 18.1. The molecule has 5 atom stereocenters. The first-order valence-corrected chi connectivity index (χ1v) is 11.7. The van der Waals surface area contributed by atoms with Crippen molar-refractivity contribution in [3.63, 3.8) is 0 Å². The number of carbonyl (C=O) groups is 2. The number of hydrogen-bond acceptors (Lipinski definition) is 8. The molecule has 2 fully saturated rings. The predicted molar refractivity (Wildman–Crippen MR) is 117 cm³/mol. The van der Waals surface area contributed by atoms with Crippen LogP contribution < -0.4 is 11.0 Å². The van der Waals surface area contributed by atoms with Gasteiger partial charge in [-0.15, -0.1) is 11.8 Å². The standard InChI is InChI=1S/C21H31N3O6S/c1-12(2)15-6-5-13(3)9-16(15)29-21(27)28-10-19-30-18(11-31-19)24-8-7-17(22-14(4)25)23-20(24)26/h7-8,12-13,15-16,18-19H,5-6,9-11H2,1-4H3,(H,22,23,25,26)/t13-,15+,16-,18?,19-/m1/s1. The Morgan fingerprint density at radius 2 is 2.16 bits per heavy atom. The number of anilines is 1. The van der Waals surface area contributed by atoms with E-state index in [2.05, 4.69) is 31.1 Å². The highest BCUT2D eigenvalue weighted by Crippen LogP contribution is 2.36. The lowest BCUT2D eigenvalue weighted by atomic mass is 9.75. The molecule has 1 saturated carbocycles. The third kappa shape index (κ3) is 6.46. The van der Waals surface area contributed by atoms with E-state index < -0.39 is 23.5 Å². The first-order chi connectivity index (χ1) is 14.7. The number of ether oxygens (including phenoxy) is 3. The quantitative estimate of drug-likeness (QED) is 0.653. The molecule has 1 saturated heterocycles. The maximum absolute atomic E-state index is 12.3. The normalized spacial score (nSPS) is 28.4. The summed E-state index contributed by atoms with van der Waals surface area (Å²) in [5.41, 5.74) is -0.922. The van der Waals surface area contributed by atoms with Crippen molar-refractivity contribution >= 4 is 29.6 Å². The van der Waals surface area contributed by atoms with Crippen LogP contribution in [0.3, 0.4) is 0 Å². The van der Waals surface area contributed by atoms with Gasteiger partial charge in [0.25, 0.3) is 0 Å². The Hall–Kier alpha value is -2.07. The second-order valence-electron chi connectivity index (χ2n) is 8.58. The van der Waals surface area contributed by atoms with Crippen molar-refractivity contribution in [1.29, 1.82) is 0 Å². The lowest BCUT2D eigenvalue weighted by molar-refractivity contribution is -0.114. The van der Waals surface area contributed by atoms with Crippen molar-refractivity contribution in [1.82, 2.24) is 9.55 Å². The van der Waals surface area contributed by atoms with E-state index in [0.29, 0.717) is 23.5 Å². The van der Waals surface area contributed by atoms with E-state index in [9.17, 15) is 14.4 Å². The Kier molecular flexibility index (Phi) is 7.99. The van der Waals surface area contributed by atoms with E-state index in [0.717, 1.165) is 19.3 Å². The molecule has 3 rings (SSSR count). The number of nitrogens with zero attached hydrogens (tertiary/aromatic N) is 2. The van der Waals surface area contributed by atoms with Gasteiger partial charge in [-0.1, -0.05) is 27.2 Å². The van der Waals surface area contributed by atoms with E-state index in [1.165, 1.54) is 35.5 Å². The van der Waals surface area contributed by atoms with Crippen molar-refractivity contribution in [2.24, 2.45) is 17.8 Å². The molecule has 31 heavy (non-hydrogen) atoms. The molecule has 9 nitrogen and oxygen atoms in total. The molecule has 1 aliphatic heterocycles. The van der Waals surface area contributed by atoms with Crippen molar-refractivity contribution < 1.29 is 23.8 Å². The molecule has 1 amide bonds. The van der Waals surface area contributed by atoms with Gasteiger partial charge in [0.1, 0.15) is 30.2 Å².